The summed E-state index contributed by atoms with van der Waals surface area (Å²) in [6.07, 6.45) is 0. The number of anilines is 1. The van der Waals surface area contributed by atoms with Crippen LogP contribution in [0.3, 0.4) is 0 Å². The fourth-order valence-corrected chi connectivity index (χ4v) is 5.36. The third kappa shape index (κ3) is 3.83. The van der Waals surface area contributed by atoms with E-state index in [0.717, 1.165) is 27.9 Å². The summed E-state index contributed by atoms with van der Waals surface area (Å²) >= 11 is 0. The number of aromatic nitrogens is 2. The molecule has 0 unspecified atom stereocenters. The van der Waals surface area contributed by atoms with E-state index in [-0.39, 0.29) is 0 Å². The van der Waals surface area contributed by atoms with Crippen LogP contribution in [0.25, 0.3) is 0 Å². The fraction of sp³-hybridized carbons (Fsp3) is 0.318. The van der Waals surface area contributed by atoms with Crippen LogP contribution < -0.4 is 4.72 Å². The van der Waals surface area contributed by atoms with Crippen molar-refractivity contribution in [3.63, 3.8) is 0 Å². The third-order valence-corrected chi connectivity index (χ3v) is 6.73. The summed E-state index contributed by atoms with van der Waals surface area (Å²) in [5, 5.41) is 4.57. The summed E-state index contributed by atoms with van der Waals surface area (Å²) in [7, 11) is -3.71. The van der Waals surface area contributed by atoms with Gasteiger partial charge in [0.15, 0.2) is 0 Å². The Kier molecular flexibility index (Phi) is 5.35. The minimum atomic E-state index is -3.71. The smallest absolute Gasteiger partial charge is 0.262 e. The van der Waals surface area contributed by atoms with E-state index in [4.69, 9.17) is 0 Å². The highest BCUT2D eigenvalue weighted by Crippen LogP contribution is 2.28. The highest BCUT2D eigenvalue weighted by molar-refractivity contribution is 7.92. The van der Waals surface area contributed by atoms with Crippen LogP contribution in [0, 0.1) is 41.5 Å². The maximum atomic E-state index is 13.1. The Morgan fingerprint density at radius 2 is 1.54 bits per heavy atom. The zero-order valence-electron chi connectivity index (χ0n) is 17.3. The summed E-state index contributed by atoms with van der Waals surface area (Å²) in [6, 6.07) is 11.9. The molecule has 0 atom stereocenters. The van der Waals surface area contributed by atoms with Crippen molar-refractivity contribution in [2.75, 3.05) is 4.72 Å². The lowest BCUT2D eigenvalue weighted by Gasteiger charge is -2.14. The number of hydrogen-bond donors (Lipinski definition) is 1. The highest BCUT2D eigenvalue weighted by Gasteiger charge is 2.23. The van der Waals surface area contributed by atoms with E-state index in [9.17, 15) is 8.42 Å². The van der Waals surface area contributed by atoms with Crippen LogP contribution in [0.4, 0.5) is 5.69 Å². The molecule has 0 saturated heterocycles. The molecule has 0 spiro atoms. The zero-order chi connectivity index (χ0) is 20.6. The van der Waals surface area contributed by atoms with Gasteiger partial charge in [-0.1, -0.05) is 42.0 Å². The van der Waals surface area contributed by atoms with Gasteiger partial charge in [-0.3, -0.25) is 9.40 Å². The molecule has 0 fully saturated rings. The van der Waals surface area contributed by atoms with Gasteiger partial charge in [0.25, 0.3) is 10.0 Å². The molecule has 0 saturated carbocycles. The van der Waals surface area contributed by atoms with Crippen molar-refractivity contribution in [3.05, 3.63) is 75.6 Å². The minimum Gasteiger partial charge on any atom is -0.276 e. The molecule has 3 rings (SSSR count). The van der Waals surface area contributed by atoms with Gasteiger partial charge in [0, 0.05) is 0 Å². The summed E-state index contributed by atoms with van der Waals surface area (Å²) in [6.45, 7) is 12.0. The average Bonchev–Trinajstić information content (AvgIpc) is 2.83. The molecule has 1 heterocycles. The van der Waals surface area contributed by atoms with Crippen LogP contribution in [0.5, 0.6) is 0 Å². The number of benzene rings is 2. The lowest BCUT2D eigenvalue weighted by atomic mass is 10.1. The van der Waals surface area contributed by atoms with E-state index in [2.05, 4.69) is 28.9 Å². The van der Waals surface area contributed by atoms with Crippen LogP contribution in [-0.4, -0.2) is 18.2 Å². The van der Waals surface area contributed by atoms with Gasteiger partial charge in [-0.25, -0.2) is 8.42 Å². The van der Waals surface area contributed by atoms with Gasteiger partial charge in [-0.15, -0.1) is 0 Å². The molecule has 0 bridgehead atoms. The van der Waals surface area contributed by atoms with Crippen molar-refractivity contribution in [1.29, 1.82) is 0 Å². The molecule has 6 heteroatoms. The van der Waals surface area contributed by atoms with E-state index in [1.54, 1.807) is 0 Å². The summed E-state index contributed by atoms with van der Waals surface area (Å²) < 4.78 is 30.9. The van der Waals surface area contributed by atoms with Crippen molar-refractivity contribution in [3.8, 4) is 0 Å². The van der Waals surface area contributed by atoms with E-state index in [1.165, 1.54) is 5.56 Å². The first-order valence-electron chi connectivity index (χ1n) is 9.29. The zero-order valence-corrected chi connectivity index (χ0v) is 18.1. The molecule has 5 nitrogen and oxygen atoms in total. The van der Waals surface area contributed by atoms with E-state index < -0.39 is 10.0 Å². The minimum absolute atomic E-state index is 0.337. The van der Waals surface area contributed by atoms with Gasteiger partial charge >= 0.3 is 0 Å². The number of sulfonamides is 1. The molecule has 0 amide bonds. The quantitative estimate of drug-likeness (QED) is 0.685. The number of hydrogen-bond acceptors (Lipinski definition) is 3. The molecular formula is C22H27N3O2S. The van der Waals surface area contributed by atoms with E-state index in [0.29, 0.717) is 22.8 Å². The van der Waals surface area contributed by atoms with E-state index >= 15 is 0 Å². The third-order valence-electron chi connectivity index (χ3n) is 5.07. The van der Waals surface area contributed by atoms with Crippen molar-refractivity contribution < 1.29 is 8.42 Å². The SMILES string of the molecule is Cc1cc(C)c(S(=O)(=O)Nc2c(C)nn(Cc3ccccc3C)c2C)c(C)c1. The van der Waals surface area contributed by atoms with Gasteiger partial charge in [0.05, 0.1) is 28.5 Å². The number of nitrogens with zero attached hydrogens (tertiary/aromatic N) is 2. The van der Waals surface area contributed by atoms with Gasteiger partial charge in [-0.05, 0) is 63.8 Å². The molecule has 1 N–H and O–H groups in total. The van der Waals surface area contributed by atoms with Gasteiger partial charge in [0.2, 0.25) is 0 Å². The predicted molar refractivity (Wildman–Crippen MR) is 113 cm³/mol. The molecule has 148 valence electrons. The first-order valence-corrected chi connectivity index (χ1v) is 10.8. The van der Waals surface area contributed by atoms with E-state index in [1.807, 2.05) is 63.6 Å². The lowest BCUT2D eigenvalue weighted by molar-refractivity contribution is 0.600. The number of rotatable bonds is 5. The molecule has 3 aromatic rings. The molecule has 0 aliphatic rings. The predicted octanol–water partition coefficient (Wildman–Crippen LogP) is 4.58. The van der Waals surface area contributed by atoms with Crippen molar-refractivity contribution in [1.82, 2.24) is 9.78 Å². The van der Waals surface area contributed by atoms with Crippen molar-refractivity contribution in [2.45, 2.75) is 53.0 Å². The van der Waals surface area contributed by atoms with Crippen LogP contribution in [-0.2, 0) is 16.6 Å². The van der Waals surface area contributed by atoms with Crippen molar-refractivity contribution in [2.24, 2.45) is 0 Å². The molecular weight excluding hydrogens is 370 g/mol. The van der Waals surface area contributed by atoms with Crippen LogP contribution in [0.2, 0.25) is 0 Å². The number of aryl methyl sites for hydroxylation is 5. The Hall–Kier alpha value is -2.60. The second-order valence-corrected chi connectivity index (χ2v) is 9.08. The molecule has 28 heavy (non-hydrogen) atoms. The van der Waals surface area contributed by atoms with Crippen LogP contribution in [0.15, 0.2) is 41.3 Å². The Morgan fingerprint density at radius 3 is 2.14 bits per heavy atom. The molecule has 1 aromatic heterocycles. The first kappa shape index (κ1) is 20.1. The topological polar surface area (TPSA) is 64.0 Å². The van der Waals surface area contributed by atoms with Gasteiger partial charge in [0.1, 0.15) is 0 Å². The fourth-order valence-electron chi connectivity index (χ4n) is 3.72. The molecule has 0 radical (unpaired) electrons. The van der Waals surface area contributed by atoms with Crippen LogP contribution >= 0.6 is 0 Å². The highest BCUT2D eigenvalue weighted by atomic mass is 32.2. The largest absolute Gasteiger partial charge is 0.276 e. The summed E-state index contributed by atoms with van der Waals surface area (Å²) in [5.41, 5.74) is 6.89. The monoisotopic (exact) mass is 397 g/mol. The Bertz CT molecular complexity index is 1120. The van der Waals surface area contributed by atoms with Crippen LogP contribution in [0.1, 0.15) is 39.2 Å². The average molecular weight is 398 g/mol. The number of nitrogens with one attached hydrogen (secondary N) is 1. The second kappa shape index (κ2) is 7.43. The maximum Gasteiger partial charge on any atom is 0.262 e. The summed E-state index contributed by atoms with van der Waals surface area (Å²) in [4.78, 5) is 0.337. The first-order chi connectivity index (χ1) is 13.1. The second-order valence-electron chi connectivity index (χ2n) is 7.46. The lowest BCUT2D eigenvalue weighted by Crippen LogP contribution is -2.17. The Balaban J connectivity index is 1.97. The van der Waals surface area contributed by atoms with Gasteiger partial charge < -0.3 is 0 Å². The molecule has 0 aliphatic heterocycles. The Labute approximate surface area is 167 Å². The molecule has 0 aliphatic carbocycles. The Morgan fingerprint density at radius 1 is 0.929 bits per heavy atom. The molecule has 2 aromatic carbocycles. The maximum absolute atomic E-state index is 13.1. The summed E-state index contributed by atoms with van der Waals surface area (Å²) in [5.74, 6) is 0. The normalized spacial score (nSPS) is 11.6. The van der Waals surface area contributed by atoms with Crippen molar-refractivity contribution >= 4 is 15.7 Å². The van der Waals surface area contributed by atoms with Gasteiger partial charge in [-0.2, -0.15) is 5.10 Å². The standard InChI is InChI=1S/C22H27N3O2S/c1-14-11-16(3)22(17(4)12-14)28(26,27)24-21-18(5)23-25(19(21)6)13-20-10-8-7-9-15(20)2/h7-12,24H,13H2,1-6H3.